The first-order valence-corrected chi connectivity index (χ1v) is 7.58. The number of nitrogens with zero attached hydrogens (tertiary/aromatic N) is 3. The fourth-order valence-electron chi connectivity index (χ4n) is 2.08. The van der Waals surface area contributed by atoms with Crippen LogP contribution in [0.15, 0.2) is 30.6 Å². The van der Waals surface area contributed by atoms with Gasteiger partial charge < -0.3 is 5.32 Å². The summed E-state index contributed by atoms with van der Waals surface area (Å²) in [5.74, 6) is 1.67. The van der Waals surface area contributed by atoms with Crippen molar-refractivity contribution in [1.29, 1.82) is 0 Å². The second kappa shape index (κ2) is 5.54. The van der Waals surface area contributed by atoms with E-state index in [9.17, 15) is 0 Å². The molecule has 0 aliphatic carbocycles. The van der Waals surface area contributed by atoms with E-state index in [4.69, 9.17) is 4.98 Å². The molecular weight excluding hydrogens is 268 g/mol. The van der Waals surface area contributed by atoms with E-state index in [1.165, 1.54) is 4.88 Å². The Morgan fingerprint density at radius 3 is 2.65 bits per heavy atom. The molecule has 0 fully saturated rings. The maximum absolute atomic E-state index is 4.70. The molecule has 0 atom stereocenters. The van der Waals surface area contributed by atoms with Crippen molar-refractivity contribution in [1.82, 2.24) is 15.0 Å². The molecule has 20 heavy (non-hydrogen) atoms. The van der Waals surface area contributed by atoms with Crippen molar-refractivity contribution in [2.75, 3.05) is 11.9 Å². The molecular formula is C15H16N4S. The number of aromatic nitrogens is 3. The minimum absolute atomic E-state index is 0.750. The molecule has 0 saturated carbocycles. The molecule has 0 radical (unpaired) electrons. The zero-order valence-electron chi connectivity index (χ0n) is 11.6. The summed E-state index contributed by atoms with van der Waals surface area (Å²) in [4.78, 5) is 15.8. The summed E-state index contributed by atoms with van der Waals surface area (Å²) in [6, 6.07) is 6.06. The monoisotopic (exact) mass is 284 g/mol. The molecule has 0 aromatic carbocycles. The van der Waals surface area contributed by atoms with Crippen LogP contribution < -0.4 is 5.32 Å². The second-order valence-corrected chi connectivity index (χ2v) is 5.56. The highest BCUT2D eigenvalue weighted by Crippen LogP contribution is 2.31. The number of nitrogens with one attached hydrogen (secondary N) is 1. The third kappa shape index (κ3) is 2.36. The minimum Gasteiger partial charge on any atom is -0.370 e. The highest BCUT2D eigenvalue weighted by molar-refractivity contribution is 7.18. The maximum atomic E-state index is 4.70. The molecule has 102 valence electrons. The molecule has 3 aromatic heterocycles. The molecule has 0 amide bonds. The Kier molecular flexibility index (Phi) is 3.60. The summed E-state index contributed by atoms with van der Waals surface area (Å²) < 4.78 is 0. The van der Waals surface area contributed by atoms with Crippen LogP contribution in [-0.4, -0.2) is 21.5 Å². The van der Waals surface area contributed by atoms with Gasteiger partial charge in [-0.25, -0.2) is 9.97 Å². The molecule has 5 heteroatoms. The van der Waals surface area contributed by atoms with Crippen LogP contribution in [0.1, 0.15) is 18.7 Å². The standard InChI is InChI=1S/C15H16N4S/c1-3-11-9-12-14(17-4-2)18-13(19-15(12)20-11)10-5-7-16-8-6-10/h5-9H,3-4H2,1-2H3,(H,17,18,19). The van der Waals surface area contributed by atoms with Gasteiger partial charge in [-0.05, 0) is 31.5 Å². The van der Waals surface area contributed by atoms with E-state index in [-0.39, 0.29) is 0 Å². The molecule has 0 bridgehead atoms. The van der Waals surface area contributed by atoms with Crippen LogP contribution in [0.3, 0.4) is 0 Å². The van der Waals surface area contributed by atoms with Crippen molar-refractivity contribution in [3.05, 3.63) is 35.5 Å². The van der Waals surface area contributed by atoms with E-state index in [1.807, 2.05) is 12.1 Å². The molecule has 3 rings (SSSR count). The minimum atomic E-state index is 0.750. The van der Waals surface area contributed by atoms with Crippen LogP contribution in [0.2, 0.25) is 0 Å². The van der Waals surface area contributed by atoms with Crippen molar-refractivity contribution >= 4 is 27.4 Å². The van der Waals surface area contributed by atoms with Crippen LogP contribution in [-0.2, 0) is 6.42 Å². The van der Waals surface area contributed by atoms with Gasteiger partial charge in [0.1, 0.15) is 10.6 Å². The first-order chi connectivity index (χ1) is 9.81. The predicted molar refractivity (Wildman–Crippen MR) is 84.2 cm³/mol. The average Bonchev–Trinajstić information content (AvgIpc) is 2.92. The van der Waals surface area contributed by atoms with Crippen molar-refractivity contribution in [3.63, 3.8) is 0 Å². The number of aryl methyl sites for hydroxylation is 1. The Bertz CT molecular complexity index is 721. The molecule has 4 nitrogen and oxygen atoms in total. The first-order valence-electron chi connectivity index (χ1n) is 6.76. The molecule has 0 aliphatic rings. The topological polar surface area (TPSA) is 50.7 Å². The van der Waals surface area contributed by atoms with Crippen molar-refractivity contribution in [3.8, 4) is 11.4 Å². The van der Waals surface area contributed by atoms with Gasteiger partial charge in [0, 0.05) is 29.4 Å². The lowest BCUT2D eigenvalue weighted by molar-refractivity contribution is 1.14. The molecule has 1 N–H and O–H groups in total. The highest BCUT2D eigenvalue weighted by atomic mass is 32.1. The number of anilines is 1. The number of fused-ring (bicyclic) bond motifs is 1. The van der Waals surface area contributed by atoms with Gasteiger partial charge in [-0.3, -0.25) is 4.98 Å². The Morgan fingerprint density at radius 1 is 1.15 bits per heavy atom. The summed E-state index contributed by atoms with van der Waals surface area (Å²) in [5, 5.41) is 4.46. The van der Waals surface area contributed by atoms with Gasteiger partial charge in [-0.2, -0.15) is 0 Å². The van der Waals surface area contributed by atoms with Gasteiger partial charge in [0.25, 0.3) is 0 Å². The SMILES string of the molecule is CCNc1nc(-c2ccncc2)nc2sc(CC)cc12. The fraction of sp³-hybridized carbons (Fsp3) is 0.267. The van der Waals surface area contributed by atoms with Crippen LogP contribution in [0, 0.1) is 0 Å². The van der Waals surface area contributed by atoms with Crippen LogP contribution in [0.4, 0.5) is 5.82 Å². The zero-order chi connectivity index (χ0) is 13.9. The fourth-order valence-corrected chi connectivity index (χ4v) is 3.04. The van der Waals surface area contributed by atoms with E-state index in [0.717, 1.165) is 40.4 Å². The van der Waals surface area contributed by atoms with Crippen LogP contribution in [0.5, 0.6) is 0 Å². The lowest BCUT2D eigenvalue weighted by atomic mass is 10.2. The number of thiophene rings is 1. The summed E-state index contributed by atoms with van der Waals surface area (Å²) in [6.07, 6.45) is 4.56. The van der Waals surface area contributed by atoms with E-state index in [2.05, 4.69) is 35.2 Å². The van der Waals surface area contributed by atoms with Crippen LogP contribution in [0.25, 0.3) is 21.6 Å². The normalized spacial score (nSPS) is 10.9. The molecule has 0 unspecified atom stereocenters. The van der Waals surface area contributed by atoms with Crippen molar-refractivity contribution in [2.45, 2.75) is 20.3 Å². The lowest BCUT2D eigenvalue weighted by Gasteiger charge is -2.06. The average molecular weight is 284 g/mol. The van der Waals surface area contributed by atoms with E-state index >= 15 is 0 Å². The lowest BCUT2D eigenvalue weighted by Crippen LogP contribution is -2.01. The maximum Gasteiger partial charge on any atom is 0.163 e. The Hall–Kier alpha value is -2.01. The second-order valence-electron chi connectivity index (χ2n) is 4.45. The number of rotatable bonds is 4. The Balaban J connectivity index is 2.19. The largest absolute Gasteiger partial charge is 0.370 e. The summed E-state index contributed by atoms with van der Waals surface area (Å²) in [6.45, 7) is 5.08. The van der Waals surface area contributed by atoms with Gasteiger partial charge in [0.2, 0.25) is 0 Å². The van der Waals surface area contributed by atoms with Gasteiger partial charge in [-0.15, -0.1) is 11.3 Å². The van der Waals surface area contributed by atoms with Crippen molar-refractivity contribution < 1.29 is 0 Å². The summed E-state index contributed by atoms with van der Waals surface area (Å²) >= 11 is 1.74. The third-order valence-electron chi connectivity index (χ3n) is 3.07. The summed E-state index contributed by atoms with van der Waals surface area (Å²) in [7, 11) is 0. The molecule has 0 aliphatic heterocycles. The third-order valence-corrected chi connectivity index (χ3v) is 4.25. The Morgan fingerprint density at radius 2 is 1.95 bits per heavy atom. The van der Waals surface area contributed by atoms with Gasteiger partial charge in [0.15, 0.2) is 5.82 Å². The number of hydrogen-bond acceptors (Lipinski definition) is 5. The van der Waals surface area contributed by atoms with Gasteiger partial charge in [0.05, 0.1) is 5.39 Å². The molecule has 3 aromatic rings. The molecule has 0 saturated heterocycles. The quantitative estimate of drug-likeness (QED) is 0.792. The van der Waals surface area contributed by atoms with Gasteiger partial charge >= 0.3 is 0 Å². The van der Waals surface area contributed by atoms with E-state index in [1.54, 1.807) is 23.7 Å². The molecule has 3 heterocycles. The van der Waals surface area contributed by atoms with Crippen LogP contribution >= 0.6 is 11.3 Å². The predicted octanol–water partition coefficient (Wildman–Crippen LogP) is 3.75. The van der Waals surface area contributed by atoms with Gasteiger partial charge in [-0.1, -0.05) is 6.92 Å². The number of pyridine rings is 1. The van der Waals surface area contributed by atoms with Crippen molar-refractivity contribution in [2.24, 2.45) is 0 Å². The smallest absolute Gasteiger partial charge is 0.163 e. The molecule has 0 spiro atoms. The van der Waals surface area contributed by atoms with E-state index in [0.29, 0.717) is 0 Å². The first kappa shape index (κ1) is 13.0. The van der Waals surface area contributed by atoms with E-state index < -0.39 is 0 Å². The highest BCUT2D eigenvalue weighted by Gasteiger charge is 2.11. The number of hydrogen-bond donors (Lipinski definition) is 1. The zero-order valence-corrected chi connectivity index (χ0v) is 12.4. The Labute approximate surface area is 121 Å². The summed E-state index contributed by atoms with van der Waals surface area (Å²) in [5.41, 5.74) is 0.993.